The van der Waals surface area contributed by atoms with Crippen LogP contribution in [-0.4, -0.2) is 29.1 Å². The van der Waals surface area contributed by atoms with Gasteiger partial charge in [-0.05, 0) is 59.8 Å². The highest BCUT2D eigenvalue weighted by Crippen LogP contribution is 2.33. The number of hydrogen-bond donors (Lipinski definition) is 1. The summed E-state index contributed by atoms with van der Waals surface area (Å²) in [6, 6.07) is 21.6. The molecule has 1 aromatic heterocycles. The van der Waals surface area contributed by atoms with Crippen molar-refractivity contribution in [3.05, 3.63) is 106 Å². The number of sulfonamides is 1. The molecule has 0 aliphatic carbocycles. The first-order valence-electron chi connectivity index (χ1n) is 10.6. The van der Waals surface area contributed by atoms with Gasteiger partial charge in [0.2, 0.25) is 9.84 Å². The van der Waals surface area contributed by atoms with Crippen molar-refractivity contribution in [3.8, 4) is 0 Å². The van der Waals surface area contributed by atoms with Crippen LogP contribution in [-0.2, 0) is 26.3 Å². The molecule has 178 valence electrons. The maximum atomic E-state index is 13.3. The Labute approximate surface area is 212 Å². The van der Waals surface area contributed by atoms with Crippen LogP contribution in [0.2, 0.25) is 5.02 Å². The quantitative estimate of drug-likeness (QED) is 0.351. The molecule has 35 heavy (non-hydrogen) atoms. The number of halogens is 1. The van der Waals surface area contributed by atoms with Gasteiger partial charge in [0.15, 0.2) is 4.21 Å². The van der Waals surface area contributed by atoms with Crippen molar-refractivity contribution in [2.45, 2.75) is 20.4 Å². The zero-order valence-electron chi connectivity index (χ0n) is 18.2. The third-order valence-electron chi connectivity index (χ3n) is 5.55. The molecular weight excluding hydrogens is 524 g/mol. The molecule has 5 rings (SSSR count). The fraction of sp³-hybridized carbons (Fsp3) is 0.0800. The Morgan fingerprint density at radius 3 is 2.49 bits per heavy atom. The van der Waals surface area contributed by atoms with Crippen molar-refractivity contribution in [2.75, 3.05) is 11.3 Å². The molecule has 0 saturated carbocycles. The number of sulfone groups is 1. The first-order chi connectivity index (χ1) is 16.8. The fourth-order valence-corrected chi connectivity index (χ4v) is 8.74. The molecule has 0 radical (unpaired) electrons. The summed E-state index contributed by atoms with van der Waals surface area (Å²) in [6.07, 6.45) is 0.805. The summed E-state index contributed by atoms with van der Waals surface area (Å²) >= 11 is 7.06. The van der Waals surface area contributed by atoms with E-state index in [0.717, 1.165) is 40.2 Å². The largest absolute Gasteiger partial charge is 0.284 e. The average molecular weight is 543 g/mol. The van der Waals surface area contributed by atoms with Crippen molar-refractivity contribution in [1.29, 1.82) is 0 Å². The number of rotatable bonds is 6. The standard InChI is InChI=1S/C25H19ClN2O4S3/c26-19-10-9-17-11-13-27-24(22(17)16-19)18-5-4-6-20(15-18)28-35(31,32)25-23(12-14-33-25)34(29,30)21-7-2-1-3-8-21/h1-10,12,14-16,28H,11,13H2. The number of fused-ring (bicyclic) bond motifs is 1. The lowest BCUT2D eigenvalue weighted by Gasteiger charge is -2.18. The Morgan fingerprint density at radius 2 is 1.69 bits per heavy atom. The van der Waals surface area contributed by atoms with Gasteiger partial charge in [0, 0.05) is 28.4 Å². The molecule has 10 heteroatoms. The maximum absolute atomic E-state index is 13.3. The molecule has 1 aliphatic heterocycles. The third-order valence-corrected chi connectivity index (χ3v) is 10.7. The van der Waals surface area contributed by atoms with Gasteiger partial charge in [-0.15, -0.1) is 11.3 Å². The summed E-state index contributed by atoms with van der Waals surface area (Å²) in [4.78, 5) is 4.43. The minimum absolute atomic E-state index is 0.0319. The van der Waals surface area contributed by atoms with Crippen molar-refractivity contribution in [1.82, 2.24) is 0 Å². The van der Waals surface area contributed by atoms with Crippen LogP contribution in [0.25, 0.3) is 0 Å². The monoisotopic (exact) mass is 542 g/mol. The van der Waals surface area contributed by atoms with Gasteiger partial charge in [-0.25, -0.2) is 16.8 Å². The average Bonchev–Trinajstić information content (AvgIpc) is 3.36. The highest BCUT2D eigenvalue weighted by Gasteiger charge is 2.30. The molecule has 1 aliphatic rings. The van der Waals surface area contributed by atoms with Crippen LogP contribution in [0.4, 0.5) is 5.69 Å². The van der Waals surface area contributed by atoms with Crippen LogP contribution in [0.5, 0.6) is 0 Å². The topological polar surface area (TPSA) is 92.7 Å². The Morgan fingerprint density at radius 1 is 0.886 bits per heavy atom. The highest BCUT2D eigenvalue weighted by atomic mass is 35.5. The van der Waals surface area contributed by atoms with Crippen LogP contribution < -0.4 is 4.72 Å². The summed E-state index contributed by atoms with van der Waals surface area (Å²) in [7, 11) is -8.18. The first kappa shape index (κ1) is 23.7. The normalized spacial score (nSPS) is 13.7. The zero-order valence-corrected chi connectivity index (χ0v) is 21.4. The lowest BCUT2D eigenvalue weighted by Crippen LogP contribution is -2.17. The van der Waals surface area contributed by atoms with Gasteiger partial charge < -0.3 is 0 Å². The van der Waals surface area contributed by atoms with Crippen molar-refractivity contribution in [2.24, 2.45) is 4.99 Å². The number of benzene rings is 3. The van der Waals surface area contributed by atoms with E-state index < -0.39 is 19.9 Å². The molecule has 0 saturated heterocycles. The van der Waals surface area contributed by atoms with Gasteiger partial charge in [0.05, 0.1) is 10.6 Å². The molecule has 0 unspecified atom stereocenters. The summed E-state index contributed by atoms with van der Waals surface area (Å²) in [5.74, 6) is 0. The SMILES string of the molecule is O=S(=O)(Nc1cccc(C2=NCCc3ccc(Cl)cc32)c1)c1sccc1S(=O)(=O)c1ccccc1. The Bertz CT molecular complexity index is 1660. The van der Waals surface area contributed by atoms with Crippen molar-refractivity contribution < 1.29 is 16.8 Å². The molecule has 0 fully saturated rings. The van der Waals surface area contributed by atoms with E-state index in [2.05, 4.69) is 9.71 Å². The molecule has 0 spiro atoms. The molecule has 0 bridgehead atoms. The lowest BCUT2D eigenvalue weighted by atomic mass is 9.93. The number of thiophene rings is 1. The molecule has 4 aromatic rings. The van der Waals surface area contributed by atoms with Gasteiger partial charge >= 0.3 is 0 Å². The molecule has 1 N–H and O–H groups in total. The van der Waals surface area contributed by atoms with E-state index in [1.807, 2.05) is 24.3 Å². The molecule has 6 nitrogen and oxygen atoms in total. The van der Waals surface area contributed by atoms with Crippen LogP contribution in [0.3, 0.4) is 0 Å². The predicted molar refractivity (Wildman–Crippen MR) is 139 cm³/mol. The summed E-state index contributed by atoms with van der Waals surface area (Å²) < 4.78 is 55.0. The van der Waals surface area contributed by atoms with Gasteiger partial charge in [-0.1, -0.05) is 48.0 Å². The number of aliphatic imine (C=N–C) groups is 1. The highest BCUT2D eigenvalue weighted by molar-refractivity contribution is 7.96. The zero-order chi connectivity index (χ0) is 24.6. The van der Waals surface area contributed by atoms with Gasteiger partial charge in [-0.3, -0.25) is 9.71 Å². The molecule has 0 amide bonds. The van der Waals surface area contributed by atoms with Crippen LogP contribution in [0, 0.1) is 0 Å². The molecular formula is C25H19ClN2O4S3. The molecule has 0 atom stereocenters. The smallest absolute Gasteiger partial charge is 0.272 e. The molecule has 2 heterocycles. The predicted octanol–water partition coefficient (Wildman–Crippen LogP) is 5.43. The Balaban J connectivity index is 1.49. The van der Waals surface area contributed by atoms with Gasteiger partial charge in [0.1, 0.15) is 4.90 Å². The first-order valence-corrected chi connectivity index (χ1v) is 14.8. The number of anilines is 1. The summed E-state index contributed by atoms with van der Waals surface area (Å²) in [5, 5.41) is 2.05. The van der Waals surface area contributed by atoms with E-state index in [1.54, 1.807) is 36.4 Å². The van der Waals surface area contributed by atoms with Crippen LogP contribution >= 0.6 is 22.9 Å². The van der Waals surface area contributed by atoms with E-state index >= 15 is 0 Å². The third kappa shape index (κ3) is 4.64. The number of hydrogen-bond acceptors (Lipinski definition) is 6. The molecule has 3 aromatic carbocycles. The maximum Gasteiger partial charge on any atom is 0.272 e. The fourth-order valence-electron chi connectivity index (χ4n) is 3.94. The van der Waals surface area contributed by atoms with E-state index in [9.17, 15) is 16.8 Å². The summed E-state index contributed by atoms with van der Waals surface area (Å²) in [6.45, 7) is 0.621. The minimum atomic E-state index is -4.18. The second kappa shape index (κ2) is 9.23. The van der Waals surface area contributed by atoms with E-state index in [1.165, 1.54) is 23.6 Å². The second-order valence-electron chi connectivity index (χ2n) is 7.86. The van der Waals surface area contributed by atoms with Gasteiger partial charge in [-0.2, -0.15) is 0 Å². The van der Waals surface area contributed by atoms with Crippen molar-refractivity contribution >= 4 is 54.2 Å². The lowest BCUT2D eigenvalue weighted by molar-refractivity contribution is 0.587. The minimum Gasteiger partial charge on any atom is -0.284 e. The van der Waals surface area contributed by atoms with E-state index in [4.69, 9.17) is 11.6 Å². The van der Waals surface area contributed by atoms with Crippen LogP contribution in [0.15, 0.2) is 103 Å². The Kier molecular flexibility index (Phi) is 6.27. The number of nitrogens with zero attached hydrogens (tertiary/aromatic N) is 1. The van der Waals surface area contributed by atoms with E-state index in [0.29, 0.717) is 17.3 Å². The van der Waals surface area contributed by atoms with Crippen molar-refractivity contribution in [3.63, 3.8) is 0 Å². The second-order valence-corrected chi connectivity index (χ2v) is 13.0. The van der Waals surface area contributed by atoms with Crippen LogP contribution in [0.1, 0.15) is 16.7 Å². The number of nitrogens with one attached hydrogen (secondary N) is 1. The van der Waals surface area contributed by atoms with Gasteiger partial charge in [0.25, 0.3) is 10.0 Å². The summed E-state index contributed by atoms with van der Waals surface area (Å²) in [5.41, 5.74) is 3.81. The van der Waals surface area contributed by atoms with E-state index in [-0.39, 0.29) is 14.0 Å². The Hall–Kier alpha value is -2.98.